The molecule has 0 aliphatic carbocycles. The van der Waals surface area contributed by atoms with E-state index in [0.29, 0.717) is 13.0 Å². The highest BCUT2D eigenvalue weighted by Gasteiger charge is 2.30. The molecule has 1 fully saturated rings. The van der Waals surface area contributed by atoms with Crippen molar-refractivity contribution in [2.75, 3.05) is 12.9 Å². The van der Waals surface area contributed by atoms with Gasteiger partial charge in [-0.05, 0) is 24.6 Å². The first-order valence-corrected chi connectivity index (χ1v) is 8.55. The maximum atomic E-state index is 12.4. The summed E-state index contributed by atoms with van der Waals surface area (Å²) in [7, 11) is 1.65. The predicted octanol–water partition coefficient (Wildman–Crippen LogP) is 2.96. The van der Waals surface area contributed by atoms with Gasteiger partial charge >= 0.3 is 0 Å². The number of nitrogens with zero attached hydrogens (tertiary/aromatic N) is 3. The van der Waals surface area contributed by atoms with E-state index in [1.165, 1.54) is 0 Å². The summed E-state index contributed by atoms with van der Waals surface area (Å²) in [6, 6.07) is 7.89. The third kappa shape index (κ3) is 3.64. The standard InChI is InChI=1S/C17H19N3O2S/c1-12-9-19-14(10-18-12)11-20-16(21)7-8-23-17(20)13-3-5-15(22-2)6-4-13/h3-6,9-10,17H,7-8,11H2,1-2H3. The number of ether oxygens (including phenoxy) is 1. The molecule has 6 heteroatoms. The van der Waals surface area contributed by atoms with Crippen LogP contribution in [-0.4, -0.2) is 33.6 Å². The van der Waals surface area contributed by atoms with Gasteiger partial charge in [0.05, 0.1) is 31.2 Å². The minimum Gasteiger partial charge on any atom is -0.497 e. The summed E-state index contributed by atoms with van der Waals surface area (Å²) in [6.07, 6.45) is 4.04. The summed E-state index contributed by atoms with van der Waals surface area (Å²) in [5, 5.41) is 0.00487. The van der Waals surface area contributed by atoms with Crippen LogP contribution in [0.15, 0.2) is 36.7 Å². The molecule has 1 aromatic heterocycles. The minimum atomic E-state index is 0.00487. The average molecular weight is 329 g/mol. The normalized spacial score (nSPS) is 18.1. The van der Waals surface area contributed by atoms with E-state index in [0.717, 1.165) is 28.5 Å². The van der Waals surface area contributed by atoms with Gasteiger partial charge in [-0.15, -0.1) is 11.8 Å². The van der Waals surface area contributed by atoms with E-state index >= 15 is 0 Å². The molecule has 2 heterocycles. The molecule has 1 saturated heterocycles. The molecule has 1 atom stereocenters. The Kier molecular flexibility index (Phi) is 4.81. The first-order chi connectivity index (χ1) is 11.2. The second-order valence-electron chi connectivity index (χ2n) is 5.42. The molecule has 23 heavy (non-hydrogen) atoms. The predicted molar refractivity (Wildman–Crippen MR) is 90.1 cm³/mol. The van der Waals surface area contributed by atoms with E-state index in [1.807, 2.05) is 36.1 Å². The zero-order valence-electron chi connectivity index (χ0n) is 13.2. The van der Waals surface area contributed by atoms with Crippen LogP contribution in [0.2, 0.25) is 0 Å². The fourth-order valence-corrected chi connectivity index (χ4v) is 3.75. The molecule has 1 aromatic carbocycles. The van der Waals surface area contributed by atoms with Gasteiger partial charge in [0.25, 0.3) is 0 Å². The molecular formula is C17H19N3O2S. The highest BCUT2D eigenvalue weighted by atomic mass is 32.2. The lowest BCUT2D eigenvalue weighted by atomic mass is 10.2. The summed E-state index contributed by atoms with van der Waals surface area (Å²) < 4.78 is 5.21. The fourth-order valence-electron chi connectivity index (χ4n) is 2.51. The largest absolute Gasteiger partial charge is 0.497 e. The zero-order chi connectivity index (χ0) is 16.2. The van der Waals surface area contributed by atoms with Gasteiger partial charge in [-0.25, -0.2) is 0 Å². The van der Waals surface area contributed by atoms with E-state index < -0.39 is 0 Å². The van der Waals surface area contributed by atoms with Crippen LogP contribution in [0.4, 0.5) is 0 Å². The summed E-state index contributed by atoms with van der Waals surface area (Å²) in [6.45, 7) is 2.38. The lowest BCUT2D eigenvalue weighted by Crippen LogP contribution is -2.37. The Morgan fingerprint density at radius 1 is 1.26 bits per heavy atom. The number of aromatic nitrogens is 2. The van der Waals surface area contributed by atoms with Crippen LogP contribution >= 0.6 is 11.8 Å². The number of benzene rings is 1. The van der Waals surface area contributed by atoms with Crippen molar-refractivity contribution in [3.8, 4) is 5.75 Å². The van der Waals surface area contributed by atoms with Gasteiger partial charge in [-0.1, -0.05) is 12.1 Å². The van der Waals surface area contributed by atoms with Gasteiger partial charge < -0.3 is 9.64 Å². The third-order valence-electron chi connectivity index (χ3n) is 3.76. The van der Waals surface area contributed by atoms with E-state index in [4.69, 9.17) is 4.74 Å². The zero-order valence-corrected chi connectivity index (χ0v) is 14.0. The van der Waals surface area contributed by atoms with E-state index in [9.17, 15) is 4.79 Å². The Bertz CT molecular complexity index is 673. The number of carbonyl (C=O) groups is 1. The molecule has 1 amide bonds. The van der Waals surface area contributed by atoms with Crippen molar-refractivity contribution in [1.82, 2.24) is 14.9 Å². The quantitative estimate of drug-likeness (QED) is 0.863. The fraction of sp³-hybridized carbons (Fsp3) is 0.353. The number of rotatable bonds is 4. The smallest absolute Gasteiger partial charge is 0.224 e. The van der Waals surface area contributed by atoms with E-state index in [1.54, 1.807) is 31.3 Å². The van der Waals surface area contributed by atoms with Crippen LogP contribution in [0, 0.1) is 6.92 Å². The molecule has 2 aromatic rings. The van der Waals surface area contributed by atoms with Gasteiger partial charge in [-0.3, -0.25) is 14.8 Å². The Balaban J connectivity index is 1.83. The highest BCUT2D eigenvalue weighted by molar-refractivity contribution is 7.99. The van der Waals surface area contributed by atoms with Crippen LogP contribution in [0.1, 0.15) is 28.7 Å². The Morgan fingerprint density at radius 2 is 2.04 bits per heavy atom. The maximum Gasteiger partial charge on any atom is 0.224 e. The average Bonchev–Trinajstić information content (AvgIpc) is 2.59. The molecule has 0 saturated carbocycles. The van der Waals surface area contributed by atoms with Crippen molar-refractivity contribution < 1.29 is 9.53 Å². The van der Waals surface area contributed by atoms with Gasteiger partial charge in [0.15, 0.2) is 0 Å². The van der Waals surface area contributed by atoms with Crippen molar-refractivity contribution in [1.29, 1.82) is 0 Å². The molecule has 0 bridgehead atoms. The number of methoxy groups -OCH3 is 1. The molecule has 120 valence electrons. The van der Waals surface area contributed by atoms with Crippen LogP contribution in [0.25, 0.3) is 0 Å². The van der Waals surface area contributed by atoms with Crippen molar-refractivity contribution in [2.45, 2.75) is 25.3 Å². The van der Waals surface area contributed by atoms with Crippen LogP contribution in [0.3, 0.4) is 0 Å². The molecule has 0 N–H and O–H groups in total. The molecule has 0 radical (unpaired) electrons. The summed E-state index contributed by atoms with van der Waals surface area (Å²) >= 11 is 1.78. The van der Waals surface area contributed by atoms with Crippen LogP contribution in [0.5, 0.6) is 5.75 Å². The minimum absolute atomic E-state index is 0.00487. The molecule has 1 aliphatic heterocycles. The van der Waals surface area contributed by atoms with Gasteiger partial charge in [0, 0.05) is 18.4 Å². The number of hydrogen-bond donors (Lipinski definition) is 0. The third-order valence-corrected chi connectivity index (χ3v) is 5.04. The molecule has 3 rings (SSSR count). The molecule has 1 aliphatic rings. The second kappa shape index (κ2) is 7.00. The Morgan fingerprint density at radius 3 is 2.70 bits per heavy atom. The van der Waals surface area contributed by atoms with Gasteiger partial charge in [-0.2, -0.15) is 0 Å². The van der Waals surface area contributed by atoms with Crippen molar-refractivity contribution in [2.24, 2.45) is 0 Å². The van der Waals surface area contributed by atoms with E-state index in [2.05, 4.69) is 9.97 Å². The lowest BCUT2D eigenvalue weighted by Gasteiger charge is -2.35. The van der Waals surface area contributed by atoms with Crippen molar-refractivity contribution in [3.05, 3.63) is 53.6 Å². The Hall–Kier alpha value is -2.08. The topological polar surface area (TPSA) is 55.3 Å². The number of aryl methyl sites for hydroxylation is 1. The number of amides is 1. The highest BCUT2D eigenvalue weighted by Crippen LogP contribution is 2.38. The van der Waals surface area contributed by atoms with Gasteiger partial charge in [0.1, 0.15) is 11.1 Å². The van der Waals surface area contributed by atoms with Crippen LogP contribution in [-0.2, 0) is 11.3 Å². The van der Waals surface area contributed by atoms with Crippen LogP contribution < -0.4 is 4.74 Å². The summed E-state index contributed by atoms with van der Waals surface area (Å²) in [4.78, 5) is 22.9. The monoisotopic (exact) mass is 329 g/mol. The molecular weight excluding hydrogens is 310 g/mol. The number of hydrogen-bond acceptors (Lipinski definition) is 5. The van der Waals surface area contributed by atoms with Crippen molar-refractivity contribution in [3.63, 3.8) is 0 Å². The number of thioether (sulfide) groups is 1. The SMILES string of the molecule is COc1ccc(C2SCCC(=O)N2Cc2cnc(C)cn2)cc1. The lowest BCUT2D eigenvalue weighted by molar-refractivity contribution is -0.132. The second-order valence-corrected chi connectivity index (χ2v) is 6.61. The molecule has 1 unspecified atom stereocenters. The van der Waals surface area contributed by atoms with Gasteiger partial charge in [0.2, 0.25) is 5.91 Å². The Labute approximate surface area is 140 Å². The summed E-state index contributed by atoms with van der Waals surface area (Å²) in [5.41, 5.74) is 2.79. The summed E-state index contributed by atoms with van der Waals surface area (Å²) in [5.74, 6) is 1.81. The number of carbonyl (C=O) groups excluding carboxylic acids is 1. The van der Waals surface area contributed by atoms with E-state index in [-0.39, 0.29) is 11.3 Å². The molecule has 0 spiro atoms. The first kappa shape index (κ1) is 15.8. The maximum absolute atomic E-state index is 12.4. The first-order valence-electron chi connectivity index (χ1n) is 7.50. The van der Waals surface area contributed by atoms with Crippen molar-refractivity contribution >= 4 is 17.7 Å². The molecule has 5 nitrogen and oxygen atoms in total.